The van der Waals surface area contributed by atoms with Gasteiger partial charge in [0.25, 0.3) is 5.56 Å². The van der Waals surface area contributed by atoms with Gasteiger partial charge in [0.05, 0.1) is 12.7 Å². The highest BCUT2D eigenvalue weighted by Crippen LogP contribution is 2.39. The van der Waals surface area contributed by atoms with Gasteiger partial charge in [0, 0.05) is 18.0 Å². The van der Waals surface area contributed by atoms with E-state index in [1.54, 1.807) is 0 Å². The summed E-state index contributed by atoms with van der Waals surface area (Å²) in [6.45, 7) is -0.313. The van der Waals surface area contributed by atoms with Gasteiger partial charge < -0.3 is 25.2 Å². The van der Waals surface area contributed by atoms with Crippen LogP contribution in [0.25, 0.3) is 0 Å². The number of hydrogen-bond acceptors (Lipinski definition) is 6. The van der Waals surface area contributed by atoms with E-state index in [4.69, 9.17) is 14.5 Å². The Hall–Kier alpha value is -3.05. The first-order chi connectivity index (χ1) is 14.6. The summed E-state index contributed by atoms with van der Waals surface area (Å²) >= 11 is 0. The molecule has 0 saturated carbocycles. The summed E-state index contributed by atoms with van der Waals surface area (Å²) in [4.78, 5) is 67.3. The fraction of sp³-hybridized carbons (Fsp3) is 0.333. The maximum absolute atomic E-state index is 12.3. The molecule has 2 aromatic rings. The van der Waals surface area contributed by atoms with Crippen LogP contribution in [0.5, 0.6) is 0 Å². The van der Waals surface area contributed by atoms with Gasteiger partial charge in [-0.3, -0.25) is 28.5 Å². The van der Waals surface area contributed by atoms with Crippen LogP contribution in [-0.4, -0.2) is 43.8 Å². The molecule has 12 nitrogen and oxygen atoms in total. The van der Waals surface area contributed by atoms with E-state index in [1.165, 1.54) is 41.1 Å². The van der Waals surface area contributed by atoms with Gasteiger partial charge in [0.2, 0.25) is 11.8 Å². The Morgan fingerprint density at radius 1 is 1.16 bits per heavy atom. The van der Waals surface area contributed by atoms with Crippen LogP contribution in [0, 0.1) is 0 Å². The second-order valence-corrected chi connectivity index (χ2v) is 8.61. The molecule has 2 heterocycles. The maximum atomic E-state index is 12.3. The third-order valence-electron chi connectivity index (χ3n) is 4.50. The molecule has 3 rings (SSSR count). The van der Waals surface area contributed by atoms with E-state index in [0.717, 1.165) is 0 Å². The van der Waals surface area contributed by atoms with Crippen LogP contribution < -0.4 is 21.9 Å². The van der Waals surface area contributed by atoms with Crippen LogP contribution in [0.1, 0.15) is 24.6 Å². The third-order valence-corrected chi connectivity index (χ3v) is 5.28. The number of ether oxygens (including phenoxy) is 1. The fourth-order valence-electron chi connectivity index (χ4n) is 3.09. The largest absolute Gasteiger partial charge is 0.345 e. The Morgan fingerprint density at radius 2 is 1.87 bits per heavy atom. The summed E-state index contributed by atoms with van der Waals surface area (Å²) in [5.74, 6) is -1.00. The number of carbonyl (C=O) groups is 2. The van der Waals surface area contributed by atoms with Crippen LogP contribution in [0.2, 0.25) is 0 Å². The van der Waals surface area contributed by atoms with E-state index in [2.05, 4.69) is 15.6 Å². The molecule has 1 fully saturated rings. The summed E-state index contributed by atoms with van der Waals surface area (Å²) in [6, 6.07) is 7.15. The number of nitrogens with zero attached hydrogens (tertiary/aromatic N) is 1. The molecule has 31 heavy (non-hydrogen) atoms. The van der Waals surface area contributed by atoms with Crippen LogP contribution in [0.15, 0.2) is 46.1 Å². The fourth-order valence-corrected chi connectivity index (χ4v) is 3.78. The Kier molecular flexibility index (Phi) is 6.86. The highest BCUT2D eigenvalue weighted by atomic mass is 31.2. The van der Waals surface area contributed by atoms with Gasteiger partial charge in [-0.05, 0) is 30.5 Å². The molecule has 0 aliphatic carbocycles. The first-order valence-corrected chi connectivity index (χ1v) is 11.1. The first-order valence-electron chi connectivity index (χ1n) is 9.29. The molecule has 0 unspecified atom stereocenters. The third kappa shape index (κ3) is 6.46. The predicted octanol–water partition coefficient (Wildman–Crippen LogP) is -0.353. The Bertz CT molecular complexity index is 1120. The van der Waals surface area contributed by atoms with Crippen molar-refractivity contribution in [3.05, 3.63) is 62.9 Å². The highest BCUT2D eigenvalue weighted by Gasteiger charge is 2.32. The Morgan fingerprint density at radius 3 is 2.52 bits per heavy atom. The first kappa shape index (κ1) is 22.6. The number of hydrogen-bond donors (Lipinski definition) is 5. The van der Waals surface area contributed by atoms with Crippen molar-refractivity contribution in [3.63, 3.8) is 0 Å². The maximum Gasteiger partial charge on any atom is 0.330 e. The average molecular weight is 452 g/mol. The molecule has 13 heteroatoms. The number of carbonyl (C=O) groups excluding carboxylic acids is 2. The van der Waals surface area contributed by atoms with Crippen molar-refractivity contribution in [2.24, 2.45) is 0 Å². The lowest BCUT2D eigenvalue weighted by Gasteiger charge is -2.15. The minimum Gasteiger partial charge on any atom is -0.345 e. The van der Waals surface area contributed by atoms with E-state index >= 15 is 0 Å². The van der Waals surface area contributed by atoms with Gasteiger partial charge in [-0.2, -0.15) is 0 Å². The molecule has 1 aliphatic rings. The zero-order chi connectivity index (χ0) is 22.6. The van der Waals surface area contributed by atoms with Crippen molar-refractivity contribution in [3.8, 4) is 0 Å². The molecule has 0 spiro atoms. The second-order valence-electron chi connectivity index (χ2n) is 6.96. The summed E-state index contributed by atoms with van der Waals surface area (Å²) in [5, 5.41) is 5.02. The number of nitrogens with one attached hydrogen (secondary N) is 3. The lowest BCUT2D eigenvalue weighted by atomic mass is 10.2. The molecule has 1 aliphatic heterocycles. The lowest BCUT2D eigenvalue weighted by molar-refractivity contribution is -0.135. The zero-order valence-electron chi connectivity index (χ0n) is 16.2. The zero-order valence-corrected chi connectivity index (χ0v) is 17.1. The lowest BCUT2D eigenvalue weighted by Crippen LogP contribution is -2.39. The van der Waals surface area contributed by atoms with Crippen molar-refractivity contribution >= 4 is 25.1 Å². The Balaban J connectivity index is 1.47. The van der Waals surface area contributed by atoms with Crippen molar-refractivity contribution in [2.45, 2.75) is 31.3 Å². The van der Waals surface area contributed by atoms with Gasteiger partial charge >= 0.3 is 13.3 Å². The number of H-pyrrole nitrogens is 1. The standard InChI is InChI=1S/C18H21N4O8P/c23-14-7-8-22(18(26)21-14)16-6-5-13(30-16)17(25)19-9-15(24)20-12-3-1-11(2-4-12)10-31(27,28)29/h1-4,7-8,13,16H,5-6,9-10H2,(H,19,25)(H,20,24)(H,21,23,26)(H2,27,28,29)/t13-,16+/m0/s1. The molecule has 2 amide bonds. The van der Waals surface area contributed by atoms with Crippen molar-refractivity contribution in [1.29, 1.82) is 0 Å². The van der Waals surface area contributed by atoms with E-state index in [-0.39, 0.29) is 6.54 Å². The van der Waals surface area contributed by atoms with Crippen LogP contribution in [0.4, 0.5) is 5.69 Å². The van der Waals surface area contributed by atoms with Crippen molar-refractivity contribution in [1.82, 2.24) is 14.9 Å². The van der Waals surface area contributed by atoms with E-state index in [0.29, 0.717) is 24.1 Å². The topological polar surface area (TPSA) is 180 Å². The SMILES string of the molecule is O=C(CNC(=O)[C@@H]1CC[C@H](n2ccc(=O)[nH]c2=O)O1)Nc1ccc(CP(=O)(O)O)cc1. The van der Waals surface area contributed by atoms with Crippen LogP contribution >= 0.6 is 7.60 Å². The summed E-state index contributed by atoms with van der Waals surface area (Å²) in [7, 11) is -4.17. The van der Waals surface area contributed by atoms with E-state index in [1.807, 2.05) is 0 Å². The number of aromatic nitrogens is 2. The normalized spacial score (nSPS) is 18.5. The van der Waals surface area contributed by atoms with Crippen LogP contribution in [-0.2, 0) is 25.1 Å². The average Bonchev–Trinajstić information content (AvgIpc) is 3.16. The van der Waals surface area contributed by atoms with Crippen molar-refractivity contribution < 1.29 is 28.7 Å². The van der Waals surface area contributed by atoms with Gasteiger partial charge in [0.1, 0.15) is 12.3 Å². The summed E-state index contributed by atoms with van der Waals surface area (Å²) in [5.41, 5.74) is -0.335. The molecule has 0 radical (unpaired) electrons. The quantitative estimate of drug-likeness (QED) is 0.353. The summed E-state index contributed by atoms with van der Waals surface area (Å²) in [6.07, 6.45) is 0.0847. The second kappa shape index (κ2) is 9.40. The van der Waals surface area contributed by atoms with E-state index < -0.39 is 49.2 Å². The molecular weight excluding hydrogens is 431 g/mol. The summed E-state index contributed by atoms with van der Waals surface area (Å²) < 4.78 is 17.8. The minimum atomic E-state index is -4.17. The molecule has 1 aromatic heterocycles. The smallest absolute Gasteiger partial charge is 0.330 e. The molecule has 0 bridgehead atoms. The van der Waals surface area contributed by atoms with Crippen LogP contribution in [0.3, 0.4) is 0 Å². The van der Waals surface area contributed by atoms with Gasteiger partial charge in [-0.15, -0.1) is 0 Å². The number of anilines is 1. The Labute approximate surface area is 175 Å². The van der Waals surface area contributed by atoms with E-state index in [9.17, 15) is 23.7 Å². The molecule has 1 aromatic carbocycles. The van der Waals surface area contributed by atoms with Gasteiger partial charge in [0.15, 0.2) is 0 Å². The number of benzene rings is 1. The van der Waals surface area contributed by atoms with Gasteiger partial charge in [-0.1, -0.05) is 12.1 Å². The minimum absolute atomic E-state index is 0.313. The number of rotatable bonds is 7. The predicted molar refractivity (Wildman–Crippen MR) is 108 cm³/mol. The molecule has 166 valence electrons. The molecular formula is C18H21N4O8P. The van der Waals surface area contributed by atoms with Gasteiger partial charge in [-0.25, -0.2) is 4.79 Å². The molecule has 1 saturated heterocycles. The monoisotopic (exact) mass is 452 g/mol. The molecule has 2 atom stereocenters. The van der Waals surface area contributed by atoms with Crippen molar-refractivity contribution in [2.75, 3.05) is 11.9 Å². The number of amides is 2. The molecule has 5 N–H and O–H groups in total. The highest BCUT2D eigenvalue weighted by molar-refractivity contribution is 7.50. The number of aromatic amines is 1.